The summed E-state index contributed by atoms with van der Waals surface area (Å²) >= 11 is 7.52. The van der Waals surface area contributed by atoms with Crippen LogP contribution in [0.15, 0.2) is 29.1 Å². The molecule has 0 unspecified atom stereocenters. The number of anilines is 1. The van der Waals surface area contributed by atoms with Gasteiger partial charge in [0.25, 0.3) is 5.91 Å². The van der Waals surface area contributed by atoms with E-state index >= 15 is 0 Å². The molecule has 0 aliphatic heterocycles. The SMILES string of the molecule is CN(C)Cc1cc(NC(=O)c2cscn2)ccc1Cl. The number of hydrogen-bond donors (Lipinski definition) is 1. The molecule has 6 heteroatoms. The van der Waals surface area contributed by atoms with Crippen molar-refractivity contribution in [2.75, 3.05) is 19.4 Å². The fourth-order valence-electron chi connectivity index (χ4n) is 1.63. The smallest absolute Gasteiger partial charge is 0.275 e. The van der Waals surface area contributed by atoms with Crippen molar-refractivity contribution in [1.82, 2.24) is 9.88 Å². The van der Waals surface area contributed by atoms with Gasteiger partial charge in [0, 0.05) is 22.6 Å². The Balaban J connectivity index is 2.15. The number of halogens is 1. The van der Waals surface area contributed by atoms with E-state index in [2.05, 4.69) is 10.3 Å². The summed E-state index contributed by atoms with van der Waals surface area (Å²) in [7, 11) is 3.94. The number of carbonyl (C=O) groups is 1. The lowest BCUT2D eigenvalue weighted by atomic mass is 10.2. The summed E-state index contributed by atoms with van der Waals surface area (Å²) in [6.45, 7) is 0.721. The first-order valence-corrected chi connectivity index (χ1v) is 7.01. The summed E-state index contributed by atoms with van der Waals surface area (Å²) in [6, 6.07) is 5.45. The monoisotopic (exact) mass is 295 g/mol. The maximum absolute atomic E-state index is 11.9. The second-order valence-corrected chi connectivity index (χ2v) is 5.50. The van der Waals surface area contributed by atoms with Gasteiger partial charge in [0.2, 0.25) is 0 Å². The minimum absolute atomic E-state index is 0.209. The molecule has 4 nitrogen and oxygen atoms in total. The summed E-state index contributed by atoms with van der Waals surface area (Å²) in [4.78, 5) is 17.9. The van der Waals surface area contributed by atoms with E-state index in [1.54, 1.807) is 23.0 Å². The average molecular weight is 296 g/mol. The van der Waals surface area contributed by atoms with Gasteiger partial charge in [-0.1, -0.05) is 11.6 Å². The standard InChI is InChI=1S/C13H14ClN3OS/c1-17(2)6-9-5-10(3-4-11(9)14)16-13(18)12-7-19-8-15-12/h3-5,7-8H,6H2,1-2H3,(H,16,18). The molecule has 0 atom stereocenters. The number of thiazole rings is 1. The number of aromatic nitrogens is 1. The van der Waals surface area contributed by atoms with Crippen molar-refractivity contribution in [2.24, 2.45) is 0 Å². The molecule has 0 radical (unpaired) electrons. The van der Waals surface area contributed by atoms with Crippen molar-refractivity contribution in [3.8, 4) is 0 Å². The van der Waals surface area contributed by atoms with Crippen LogP contribution >= 0.6 is 22.9 Å². The van der Waals surface area contributed by atoms with E-state index in [1.807, 2.05) is 25.1 Å². The van der Waals surface area contributed by atoms with Crippen LogP contribution in [0.4, 0.5) is 5.69 Å². The van der Waals surface area contributed by atoms with Gasteiger partial charge in [-0.25, -0.2) is 4.98 Å². The second kappa shape index (κ2) is 6.14. The molecule has 19 heavy (non-hydrogen) atoms. The number of hydrogen-bond acceptors (Lipinski definition) is 4. The van der Waals surface area contributed by atoms with Crippen LogP contribution in [-0.4, -0.2) is 29.9 Å². The van der Waals surface area contributed by atoms with Crippen molar-refractivity contribution in [3.05, 3.63) is 45.4 Å². The number of carbonyl (C=O) groups excluding carboxylic acids is 1. The molecular weight excluding hydrogens is 282 g/mol. The Morgan fingerprint density at radius 3 is 2.89 bits per heavy atom. The van der Waals surface area contributed by atoms with E-state index in [0.29, 0.717) is 10.7 Å². The van der Waals surface area contributed by atoms with Crippen molar-refractivity contribution in [3.63, 3.8) is 0 Å². The molecule has 100 valence electrons. The molecule has 0 bridgehead atoms. The van der Waals surface area contributed by atoms with Crippen LogP contribution in [-0.2, 0) is 6.54 Å². The Morgan fingerprint density at radius 2 is 2.26 bits per heavy atom. The Bertz CT molecular complexity index is 569. The minimum atomic E-state index is -0.209. The summed E-state index contributed by atoms with van der Waals surface area (Å²) in [5.41, 5.74) is 3.75. The van der Waals surface area contributed by atoms with E-state index in [9.17, 15) is 4.79 Å². The fourth-order valence-corrected chi connectivity index (χ4v) is 2.34. The molecular formula is C13H14ClN3OS. The highest BCUT2D eigenvalue weighted by Crippen LogP contribution is 2.22. The lowest BCUT2D eigenvalue weighted by Crippen LogP contribution is -2.14. The largest absolute Gasteiger partial charge is 0.321 e. The number of rotatable bonds is 4. The van der Waals surface area contributed by atoms with Gasteiger partial charge in [-0.3, -0.25) is 4.79 Å². The summed E-state index contributed by atoms with van der Waals surface area (Å²) in [6.07, 6.45) is 0. The molecule has 1 aromatic carbocycles. The first-order valence-electron chi connectivity index (χ1n) is 5.69. The zero-order chi connectivity index (χ0) is 13.8. The van der Waals surface area contributed by atoms with Crippen LogP contribution in [0.1, 0.15) is 16.1 Å². The second-order valence-electron chi connectivity index (χ2n) is 4.37. The van der Waals surface area contributed by atoms with Crippen LogP contribution < -0.4 is 5.32 Å². The fraction of sp³-hybridized carbons (Fsp3) is 0.231. The molecule has 1 amide bonds. The quantitative estimate of drug-likeness (QED) is 0.942. The Labute approximate surface area is 121 Å². The summed E-state index contributed by atoms with van der Waals surface area (Å²) in [5.74, 6) is -0.209. The van der Waals surface area contributed by atoms with Gasteiger partial charge in [-0.15, -0.1) is 11.3 Å². The number of amides is 1. The third-order valence-electron chi connectivity index (χ3n) is 2.46. The molecule has 0 aliphatic rings. The predicted octanol–water partition coefficient (Wildman–Crippen LogP) is 3.11. The molecule has 0 spiro atoms. The predicted molar refractivity (Wildman–Crippen MR) is 78.9 cm³/mol. The molecule has 0 saturated carbocycles. The van der Waals surface area contributed by atoms with Crippen LogP contribution in [0.25, 0.3) is 0 Å². The number of benzene rings is 1. The molecule has 1 aromatic heterocycles. The zero-order valence-electron chi connectivity index (χ0n) is 10.7. The maximum atomic E-state index is 11.9. The summed E-state index contributed by atoms with van der Waals surface area (Å²) < 4.78 is 0. The zero-order valence-corrected chi connectivity index (χ0v) is 12.3. The molecule has 1 heterocycles. The van der Waals surface area contributed by atoms with Gasteiger partial charge >= 0.3 is 0 Å². The van der Waals surface area contributed by atoms with Crippen molar-refractivity contribution >= 4 is 34.5 Å². The van der Waals surface area contributed by atoms with Crippen LogP contribution in [0.2, 0.25) is 5.02 Å². The van der Waals surface area contributed by atoms with E-state index in [4.69, 9.17) is 11.6 Å². The highest BCUT2D eigenvalue weighted by atomic mass is 35.5. The minimum Gasteiger partial charge on any atom is -0.321 e. The van der Waals surface area contributed by atoms with Crippen molar-refractivity contribution < 1.29 is 4.79 Å². The summed E-state index contributed by atoms with van der Waals surface area (Å²) in [5, 5.41) is 5.22. The van der Waals surface area contributed by atoms with Gasteiger partial charge in [0.15, 0.2) is 0 Å². The molecule has 0 aliphatic carbocycles. The highest BCUT2D eigenvalue weighted by molar-refractivity contribution is 7.07. The highest BCUT2D eigenvalue weighted by Gasteiger charge is 2.09. The Hall–Kier alpha value is -1.43. The number of nitrogens with zero attached hydrogens (tertiary/aromatic N) is 2. The van der Waals surface area contributed by atoms with Crippen LogP contribution in [0.3, 0.4) is 0 Å². The first kappa shape index (κ1) is 14.0. The van der Waals surface area contributed by atoms with Gasteiger partial charge in [0.05, 0.1) is 5.51 Å². The van der Waals surface area contributed by atoms with Crippen LogP contribution in [0, 0.1) is 0 Å². The van der Waals surface area contributed by atoms with E-state index in [0.717, 1.165) is 17.8 Å². The Kier molecular flexibility index (Phi) is 4.52. The Morgan fingerprint density at radius 1 is 1.47 bits per heavy atom. The van der Waals surface area contributed by atoms with E-state index in [1.165, 1.54) is 11.3 Å². The molecule has 2 aromatic rings. The number of nitrogens with one attached hydrogen (secondary N) is 1. The third kappa shape index (κ3) is 3.76. The first-order chi connectivity index (χ1) is 9.06. The van der Waals surface area contributed by atoms with Crippen molar-refractivity contribution in [1.29, 1.82) is 0 Å². The topological polar surface area (TPSA) is 45.2 Å². The van der Waals surface area contributed by atoms with Crippen LogP contribution in [0.5, 0.6) is 0 Å². The average Bonchev–Trinajstić information content (AvgIpc) is 2.86. The van der Waals surface area contributed by atoms with Gasteiger partial charge in [0.1, 0.15) is 5.69 Å². The molecule has 1 N–H and O–H groups in total. The van der Waals surface area contributed by atoms with Gasteiger partial charge < -0.3 is 10.2 Å². The lowest BCUT2D eigenvalue weighted by molar-refractivity contribution is 0.102. The van der Waals surface area contributed by atoms with Crippen molar-refractivity contribution in [2.45, 2.75) is 6.54 Å². The maximum Gasteiger partial charge on any atom is 0.275 e. The molecule has 0 saturated heterocycles. The normalized spacial score (nSPS) is 10.7. The third-order valence-corrected chi connectivity index (χ3v) is 3.41. The lowest BCUT2D eigenvalue weighted by Gasteiger charge is -2.13. The van der Waals surface area contributed by atoms with E-state index < -0.39 is 0 Å². The van der Waals surface area contributed by atoms with Gasteiger partial charge in [-0.2, -0.15) is 0 Å². The van der Waals surface area contributed by atoms with Gasteiger partial charge in [-0.05, 0) is 37.9 Å². The molecule has 2 rings (SSSR count). The van der Waals surface area contributed by atoms with E-state index in [-0.39, 0.29) is 5.91 Å². The molecule has 0 fully saturated rings.